The third-order valence-electron chi connectivity index (χ3n) is 2.30. The van der Waals surface area contributed by atoms with Crippen LogP contribution in [0.25, 0.3) is 0 Å². The molecule has 0 heterocycles. The molecule has 2 amide bonds. The Morgan fingerprint density at radius 1 is 1.24 bits per heavy atom. The second-order valence-electron chi connectivity index (χ2n) is 3.87. The molecular formula is C11H24ClN3O2. The van der Waals surface area contributed by atoms with Gasteiger partial charge in [-0.1, -0.05) is 6.92 Å². The standard InChI is InChI=1S/C11H23N3O2.ClH/c1-3-9(2)14-11(16)6-8-13-10(15)5-4-7-12;/h9H,3-8,12H2,1-2H3,(H,13,15)(H,14,16);1H. The molecule has 17 heavy (non-hydrogen) atoms. The van der Waals surface area contributed by atoms with Gasteiger partial charge in [-0.3, -0.25) is 9.59 Å². The van der Waals surface area contributed by atoms with Gasteiger partial charge in [-0.05, 0) is 26.3 Å². The molecule has 0 saturated carbocycles. The predicted molar refractivity (Wildman–Crippen MR) is 71.1 cm³/mol. The number of carbonyl (C=O) groups excluding carboxylic acids is 2. The van der Waals surface area contributed by atoms with Gasteiger partial charge >= 0.3 is 0 Å². The summed E-state index contributed by atoms with van der Waals surface area (Å²) >= 11 is 0. The van der Waals surface area contributed by atoms with E-state index in [2.05, 4.69) is 10.6 Å². The number of nitrogens with one attached hydrogen (secondary N) is 2. The molecule has 0 fully saturated rings. The van der Waals surface area contributed by atoms with Crippen LogP contribution in [0.4, 0.5) is 0 Å². The van der Waals surface area contributed by atoms with Crippen molar-refractivity contribution >= 4 is 24.2 Å². The molecule has 0 aromatic heterocycles. The zero-order valence-electron chi connectivity index (χ0n) is 10.6. The maximum absolute atomic E-state index is 11.3. The van der Waals surface area contributed by atoms with Crippen molar-refractivity contribution in [1.29, 1.82) is 0 Å². The van der Waals surface area contributed by atoms with Crippen molar-refractivity contribution in [3.05, 3.63) is 0 Å². The van der Waals surface area contributed by atoms with Crippen LogP contribution in [0, 0.1) is 0 Å². The molecule has 0 spiro atoms. The van der Waals surface area contributed by atoms with E-state index < -0.39 is 0 Å². The highest BCUT2D eigenvalue weighted by Gasteiger charge is 2.06. The molecule has 0 saturated heterocycles. The van der Waals surface area contributed by atoms with Crippen LogP contribution in [0.15, 0.2) is 0 Å². The van der Waals surface area contributed by atoms with E-state index in [9.17, 15) is 9.59 Å². The van der Waals surface area contributed by atoms with Crippen molar-refractivity contribution in [3.8, 4) is 0 Å². The summed E-state index contributed by atoms with van der Waals surface area (Å²) in [6.45, 7) is 4.88. The van der Waals surface area contributed by atoms with Crippen molar-refractivity contribution in [2.24, 2.45) is 5.73 Å². The summed E-state index contributed by atoms with van der Waals surface area (Å²) in [5.74, 6) is -0.0599. The van der Waals surface area contributed by atoms with Crippen LogP contribution in [0.5, 0.6) is 0 Å². The molecule has 0 aliphatic heterocycles. The van der Waals surface area contributed by atoms with Crippen molar-refractivity contribution in [3.63, 3.8) is 0 Å². The second-order valence-corrected chi connectivity index (χ2v) is 3.87. The van der Waals surface area contributed by atoms with E-state index in [4.69, 9.17) is 5.73 Å². The third kappa shape index (κ3) is 11.5. The van der Waals surface area contributed by atoms with Crippen molar-refractivity contribution in [2.75, 3.05) is 13.1 Å². The first-order valence-corrected chi connectivity index (χ1v) is 5.86. The first-order chi connectivity index (χ1) is 7.60. The number of halogens is 1. The monoisotopic (exact) mass is 265 g/mol. The maximum atomic E-state index is 11.3. The van der Waals surface area contributed by atoms with E-state index in [-0.39, 0.29) is 30.3 Å². The number of rotatable bonds is 8. The Labute approximate surface area is 109 Å². The number of hydrogen-bond acceptors (Lipinski definition) is 3. The molecular weight excluding hydrogens is 242 g/mol. The summed E-state index contributed by atoms with van der Waals surface area (Å²) in [5.41, 5.74) is 5.28. The number of amides is 2. The lowest BCUT2D eigenvalue weighted by Crippen LogP contribution is -2.35. The quantitative estimate of drug-likeness (QED) is 0.600. The van der Waals surface area contributed by atoms with Gasteiger partial charge in [-0.25, -0.2) is 0 Å². The first-order valence-electron chi connectivity index (χ1n) is 5.86. The third-order valence-corrected chi connectivity index (χ3v) is 2.30. The summed E-state index contributed by atoms with van der Waals surface area (Å²) in [5, 5.41) is 5.52. The van der Waals surface area contributed by atoms with Gasteiger partial charge in [-0.15, -0.1) is 12.4 Å². The first kappa shape index (κ1) is 18.6. The molecule has 1 atom stereocenters. The fourth-order valence-electron chi connectivity index (χ4n) is 1.12. The SMILES string of the molecule is CCC(C)NC(=O)CCNC(=O)CCCN.Cl. The average Bonchev–Trinajstić information content (AvgIpc) is 2.26. The molecule has 0 bridgehead atoms. The van der Waals surface area contributed by atoms with Crippen LogP contribution in [-0.2, 0) is 9.59 Å². The van der Waals surface area contributed by atoms with Gasteiger partial charge in [0.05, 0.1) is 0 Å². The Balaban J connectivity index is 0. The molecule has 0 aliphatic rings. The Morgan fingerprint density at radius 3 is 2.41 bits per heavy atom. The normalized spacial score (nSPS) is 11.2. The molecule has 0 aromatic carbocycles. The van der Waals surface area contributed by atoms with Gasteiger partial charge in [0, 0.05) is 25.4 Å². The zero-order chi connectivity index (χ0) is 12.4. The number of carbonyl (C=O) groups is 2. The Kier molecular flexibility index (Phi) is 12.7. The molecule has 1 unspecified atom stereocenters. The molecule has 6 heteroatoms. The minimum Gasteiger partial charge on any atom is -0.356 e. The molecule has 0 aromatic rings. The van der Waals surface area contributed by atoms with Crippen LogP contribution in [0.3, 0.4) is 0 Å². The van der Waals surface area contributed by atoms with E-state index in [0.717, 1.165) is 6.42 Å². The molecule has 0 radical (unpaired) electrons. The predicted octanol–water partition coefficient (Wildman–Crippen LogP) is 0.568. The largest absolute Gasteiger partial charge is 0.356 e. The van der Waals surface area contributed by atoms with Gasteiger partial charge in [0.2, 0.25) is 11.8 Å². The van der Waals surface area contributed by atoms with Crippen molar-refractivity contribution in [2.45, 2.75) is 45.6 Å². The average molecular weight is 266 g/mol. The molecule has 0 rings (SSSR count). The Bertz CT molecular complexity index is 225. The molecule has 5 nitrogen and oxygen atoms in total. The van der Waals surface area contributed by atoms with E-state index in [1.165, 1.54) is 0 Å². The summed E-state index contributed by atoms with van der Waals surface area (Å²) < 4.78 is 0. The summed E-state index contributed by atoms with van der Waals surface area (Å²) in [6, 6.07) is 0.195. The maximum Gasteiger partial charge on any atom is 0.221 e. The highest BCUT2D eigenvalue weighted by Crippen LogP contribution is 1.90. The highest BCUT2D eigenvalue weighted by atomic mass is 35.5. The van der Waals surface area contributed by atoms with Crippen LogP contribution in [0.1, 0.15) is 39.5 Å². The Hall–Kier alpha value is -0.810. The van der Waals surface area contributed by atoms with Gasteiger partial charge in [-0.2, -0.15) is 0 Å². The van der Waals surface area contributed by atoms with Gasteiger partial charge < -0.3 is 16.4 Å². The fraction of sp³-hybridized carbons (Fsp3) is 0.818. The number of nitrogens with two attached hydrogens (primary N) is 1. The van der Waals surface area contributed by atoms with Crippen molar-refractivity contribution < 1.29 is 9.59 Å². The fourth-order valence-corrected chi connectivity index (χ4v) is 1.12. The zero-order valence-corrected chi connectivity index (χ0v) is 11.4. The van der Waals surface area contributed by atoms with Gasteiger partial charge in [0.25, 0.3) is 0 Å². The lowest BCUT2D eigenvalue weighted by atomic mass is 10.2. The lowest BCUT2D eigenvalue weighted by molar-refractivity contribution is -0.122. The second kappa shape index (κ2) is 11.7. The highest BCUT2D eigenvalue weighted by molar-refractivity contribution is 5.85. The minimum absolute atomic E-state index is 0. The lowest BCUT2D eigenvalue weighted by Gasteiger charge is -2.11. The number of hydrogen-bond donors (Lipinski definition) is 3. The van der Waals surface area contributed by atoms with E-state index in [0.29, 0.717) is 32.4 Å². The van der Waals surface area contributed by atoms with E-state index >= 15 is 0 Å². The summed E-state index contributed by atoms with van der Waals surface area (Å²) in [7, 11) is 0. The molecule has 0 aliphatic carbocycles. The minimum atomic E-state index is -0.0400. The van der Waals surface area contributed by atoms with Crippen LogP contribution in [0.2, 0.25) is 0 Å². The van der Waals surface area contributed by atoms with E-state index in [1.54, 1.807) is 0 Å². The van der Waals surface area contributed by atoms with Crippen LogP contribution < -0.4 is 16.4 Å². The molecule has 4 N–H and O–H groups in total. The van der Waals surface area contributed by atoms with Crippen LogP contribution >= 0.6 is 12.4 Å². The molecule has 102 valence electrons. The van der Waals surface area contributed by atoms with Crippen molar-refractivity contribution in [1.82, 2.24) is 10.6 Å². The van der Waals surface area contributed by atoms with Gasteiger partial charge in [0.1, 0.15) is 0 Å². The van der Waals surface area contributed by atoms with Crippen LogP contribution in [-0.4, -0.2) is 30.9 Å². The summed E-state index contributed by atoms with van der Waals surface area (Å²) in [4.78, 5) is 22.5. The topological polar surface area (TPSA) is 84.2 Å². The van der Waals surface area contributed by atoms with Gasteiger partial charge in [0.15, 0.2) is 0 Å². The van der Waals surface area contributed by atoms with E-state index in [1.807, 2.05) is 13.8 Å². The summed E-state index contributed by atoms with van der Waals surface area (Å²) in [6.07, 6.45) is 2.36. The Morgan fingerprint density at radius 2 is 1.88 bits per heavy atom. The smallest absolute Gasteiger partial charge is 0.221 e.